The van der Waals surface area contributed by atoms with Crippen LogP contribution in [-0.2, 0) is 27.2 Å². The number of esters is 1. The van der Waals surface area contributed by atoms with Gasteiger partial charge in [0.25, 0.3) is 0 Å². The maximum atomic E-state index is 12.9. The zero-order valence-electron chi connectivity index (χ0n) is 24.5. The highest BCUT2D eigenvalue weighted by molar-refractivity contribution is 5.87. The van der Waals surface area contributed by atoms with Crippen LogP contribution < -0.4 is 0 Å². The summed E-state index contributed by atoms with van der Waals surface area (Å²) in [5, 5.41) is 2.37. The van der Waals surface area contributed by atoms with Crippen molar-refractivity contribution in [1.29, 1.82) is 0 Å². The van der Waals surface area contributed by atoms with Crippen LogP contribution in [0.4, 0.5) is 4.79 Å². The third kappa shape index (κ3) is 7.74. The van der Waals surface area contributed by atoms with E-state index >= 15 is 0 Å². The standard InChI is InChI=1S/C35H38N2O5/c1-35(2,3)42-34(39)37-20-17-30(32(23-37)41-24-26-13-14-27-8-4-5-9-29(27)22-26)28-15-11-25(12-16-28)18-21-40-33(38)31-10-6-7-19-36-31/h4-16,19,22,30,32H,17-18,20-21,23-24H2,1-3H3. The lowest BCUT2D eigenvalue weighted by molar-refractivity contribution is -0.0359. The van der Waals surface area contributed by atoms with Crippen LogP contribution in [0.1, 0.15) is 60.3 Å². The Morgan fingerprint density at radius 2 is 1.64 bits per heavy atom. The molecule has 3 aromatic carbocycles. The van der Waals surface area contributed by atoms with Crippen molar-refractivity contribution in [3.05, 3.63) is 114 Å². The van der Waals surface area contributed by atoms with Crippen molar-refractivity contribution < 1.29 is 23.8 Å². The van der Waals surface area contributed by atoms with Crippen molar-refractivity contribution >= 4 is 22.8 Å². The van der Waals surface area contributed by atoms with Crippen LogP contribution in [0.15, 0.2) is 91.1 Å². The first-order valence-electron chi connectivity index (χ1n) is 14.5. The smallest absolute Gasteiger partial charge is 0.410 e. The maximum Gasteiger partial charge on any atom is 0.410 e. The summed E-state index contributed by atoms with van der Waals surface area (Å²) in [6, 6.07) is 28.2. The molecule has 1 amide bonds. The van der Waals surface area contributed by atoms with Crippen LogP contribution in [0, 0.1) is 0 Å². The fourth-order valence-corrected chi connectivity index (χ4v) is 5.24. The Labute approximate surface area is 247 Å². The molecule has 7 nitrogen and oxygen atoms in total. The Morgan fingerprint density at radius 3 is 2.38 bits per heavy atom. The molecule has 0 N–H and O–H groups in total. The van der Waals surface area contributed by atoms with E-state index < -0.39 is 11.6 Å². The van der Waals surface area contributed by atoms with Crippen LogP contribution in [0.25, 0.3) is 10.8 Å². The SMILES string of the molecule is CC(C)(C)OC(=O)N1CCC(c2ccc(CCOC(=O)c3ccccn3)cc2)C(OCc2ccc3ccccc3c2)C1. The number of carbonyl (C=O) groups is 2. The fraction of sp³-hybridized carbons (Fsp3) is 0.343. The van der Waals surface area contributed by atoms with Gasteiger partial charge >= 0.3 is 12.1 Å². The van der Waals surface area contributed by atoms with Gasteiger partial charge in [-0.1, -0.05) is 66.7 Å². The lowest BCUT2D eigenvalue weighted by atomic mass is 9.86. The minimum atomic E-state index is -0.558. The molecule has 1 aliphatic rings. The van der Waals surface area contributed by atoms with Gasteiger partial charge in [0.2, 0.25) is 0 Å². The van der Waals surface area contributed by atoms with E-state index in [9.17, 15) is 9.59 Å². The molecule has 218 valence electrons. The van der Waals surface area contributed by atoms with Gasteiger partial charge in [-0.3, -0.25) is 0 Å². The van der Waals surface area contributed by atoms with E-state index in [1.165, 1.54) is 10.8 Å². The number of hydrogen-bond acceptors (Lipinski definition) is 6. The van der Waals surface area contributed by atoms with Gasteiger partial charge in [-0.2, -0.15) is 0 Å². The van der Waals surface area contributed by atoms with Crippen molar-refractivity contribution in [2.45, 2.75) is 57.8 Å². The number of amides is 1. The van der Waals surface area contributed by atoms with Crippen molar-refractivity contribution in [3.8, 4) is 0 Å². The summed E-state index contributed by atoms with van der Waals surface area (Å²) < 4.78 is 17.6. The number of rotatable bonds is 8. The molecule has 0 bridgehead atoms. The quantitative estimate of drug-likeness (QED) is 0.215. The molecule has 1 fully saturated rings. The molecule has 2 atom stereocenters. The van der Waals surface area contributed by atoms with Crippen molar-refractivity contribution in [1.82, 2.24) is 9.88 Å². The summed E-state index contributed by atoms with van der Waals surface area (Å²) in [5.74, 6) is -0.296. The molecule has 1 aromatic heterocycles. The lowest BCUT2D eigenvalue weighted by Crippen LogP contribution is -2.48. The second-order valence-electron chi connectivity index (χ2n) is 11.7. The number of aromatic nitrogens is 1. The summed E-state index contributed by atoms with van der Waals surface area (Å²) in [7, 11) is 0. The van der Waals surface area contributed by atoms with Gasteiger partial charge in [-0.15, -0.1) is 0 Å². The molecule has 4 aromatic rings. The van der Waals surface area contributed by atoms with Gasteiger partial charge in [-0.25, -0.2) is 14.6 Å². The monoisotopic (exact) mass is 566 g/mol. The largest absolute Gasteiger partial charge is 0.461 e. The average Bonchev–Trinajstić information content (AvgIpc) is 2.99. The van der Waals surface area contributed by atoms with Crippen molar-refractivity contribution in [2.75, 3.05) is 19.7 Å². The molecule has 1 saturated heterocycles. The Balaban J connectivity index is 1.25. The third-order valence-corrected chi connectivity index (χ3v) is 7.39. The van der Waals surface area contributed by atoms with Gasteiger partial charge in [0.05, 0.1) is 25.9 Å². The van der Waals surface area contributed by atoms with E-state index in [-0.39, 0.29) is 24.7 Å². The van der Waals surface area contributed by atoms with Crippen LogP contribution in [0.5, 0.6) is 0 Å². The lowest BCUT2D eigenvalue weighted by Gasteiger charge is -2.39. The number of nitrogens with zero attached hydrogens (tertiary/aromatic N) is 2. The topological polar surface area (TPSA) is 78.0 Å². The maximum absolute atomic E-state index is 12.9. The van der Waals surface area contributed by atoms with Crippen LogP contribution in [-0.4, -0.2) is 53.3 Å². The second kappa shape index (κ2) is 13.2. The van der Waals surface area contributed by atoms with Gasteiger partial charge in [0, 0.05) is 25.1 Å². The van der Waals surface area contributed by atoms with Gasteiger partial charge < -0.3 is 19.1 Å². The van der Waals surface area contributed by atoms with E-state index in [4.69, 9.17) is 14.2 Å². The number of pyridine rings is 1. The number of ether oxygens (including phenoxy) is 3. The first kappa shape index (κ1) is 29.3. The average molecular weight is 567 g/mol. The minimum Gasteiger partial charge on any atom is -0.461 e. The highest BCUT2D eigenvalue weighted by Crippen LogP contribution is 2.32. The number of benzene rings is 3. The fourth-order valence-electron chi connectivity index (χ4n) is 5.24. The predicted octanol–water partition coefficient (Wildman–Crippen LogP) is 6.94. The van der Waals surface area contributed by atoms with Crippen LogP contribution in [0.2, 0.25) is 0 Å². The third-order valence-electron chi connectivity index (χ3n) is 7.39. The number of carbonyl (C=O) groups excluding carboxylic acids is 2. The molecule has 42 heavy (non-hydrogen) atoms. The van der Waals surface area contributed by atoms with Gasteiger partial charge in [0.15, 0.2) is 0 Å². The van der Waals surface area contributed by atoms with Crippen molar-refractivity contribution in [3.63, 3.8) is 0 Å². The van der Waals surface area contributed by atoms with E-state index in [2.05, 4.69) is 59.6 Å². The Morgan fingerprint density at radius 1 is 0.905 bits per heavy atom. The molecule has 0 saturated carbocycles. The molecule has 5 rings (SSSR count). The normalized spacial score (nSPS) is 17.2. The van der Waals surface area contributed by atoms with E-state index in [1.54, 1.807) is 29.3 Å². The molecule has 7 heteroatoms. The molecule has 2 unspecified atom stereocenters. The summed E-state index contributed by atoms with van der Waals surface area (Å²) in [6.07, 6.45) is 2.45. The van der Waals surface area contributed by atoms with E-state index in [0.29, 0.717) is 31.8 Å². The van der Waals surface area contributed by atoms with Crippen LogP contribution in [0.3, 0.4) is 0 Å². The summed E-state index contributed by atoms with van der Waals surface area (Å²) in [6.45, 7) is 7.43. The van der Waals surface area contributed by atoms with E-state index in [1.807, 2.05) is 32.9 Å². The molecular weight excluding hydrogens is 528 g/mol. The number of likely N-dealkylation sites (tertiary alicyclic amines) is 1. The Kier molecular flexibility index (Phi) is 9.18. The molecule has 0 spiro atoms. The molecule has 1 aliphatic heterocycles. The summed E-state index contributed by atoms with van der Waals surface area (Å²) in [4.78, 5) is 30.9. The van der Waals surface area contributed by atoms with Gasteiger partial charge in [0.1, 0.15) is 11.3 Å². The number of hydrogen-bond donors (Lipinski definition) is 0. The highest BCUT2D eigenvalue weighted by Gasteiger charge is 2.35. The molecule has 0 aliphatic carbocycles. The molecular formula is C35H38N2O5. The Bertz CT molecular complexity index is 1500. The molecule has 2 heterocycles. The molecule has 0 radical (unpaired) electrons. The summed E-state index contributed by atoms with van der Waals surface area (Å²) >= 11 is 0. The Hall–Kier alpha value is -4.23. The second-order valence-corrected chi connectivity index (χ2v) is 11.7. The zero-order chi connectivity index (χ0) is 29.5. The summed E-state index contributed by atoms with van der Waals surface area (Å²) in [5.41, 5.74) is 3.08. The van der Waals surface area contributed by atoms with Gasteiger partial charge in [-0.05, 0) is 72.9 Å². The predicted molar refractivity (Wildman–Crippen MR) is 162 cm³/mol. The van der Waals surface area contributed by atoms with Crippen molar-refractivity contribution in [2.24, 2.45) is 0 Å². The first-order chi connectivity index (χ1) is 20.2. The first-order valence-corrected chi connectivity index (χ1v) is 14.5. The zero-order valence-corrected chi connectivity index (χ0v) is 24.5. The highest BCUT2D eigenvalue weighted by atomic mass is 16.6. The van der Waals surface area contributed by atoms with Crippen LogP contribution >= 0.6 is 0 Å². The number of fused-ring (bicyclic) bond motifs is 1. The minimum absolute atomic E-state index is 0.125. The van der Waals surface area contributed by atoms with E-state index in [0.717, 1.165) is 23.1 Å². The number of piperidine rings is 1.